The van der Waals surface area contributed by atoms with Gasteiger partial charge in [0.05, 0.1) is 6.07 Å². The lowest BCUT2D eigenvalue weighted by atomic mass is 10.2. The van der Waals surface area contributed by atoms with Crippen molar-refractivity contribution in [2.45, 2.75) is 27.2 Å². The van der Waals surface area contributed by atoms with Gasteiger partial charge in [-0.15, -0.1) is 0 Å². The summed E-state index contributed by atoms with van der Waals surface area (Å²) in [5, 5.41) is 8.32. The van der Waals surface area contributed by atoms with Crippen LogP contribution in [0, 0.1) is 17.2 Å². The average molecular weight is 168 g/mol. The molecule has 0 N–H and O–H groups in total. The van der Waals surface area contributed by atoms with Crippen LogP contribution in [0.5, 0.6) is 0 Å². The molecule has 0 aliphatic carbocycles. The maximum Gasteiger partial charge on any atom is 0.236 e. The van der Waals surface area contributed by atoms with Gasteiger partial charge in [-0.25, -0.2) is 0 Å². The molecule has 1 amide bonds. The van der Waals surface area contributed by atoms with Crippen molar-refractivity contribution in [3.05, 3.63) is 0 Å². The third-order valence-electron chi connectivity index (χ3n) is 1.55. The van der Waals surface area contributed by atoms with Crippen LogP contribution in [-0.2, 0) is 4.79 Å². The number of rotatable bonds is 4. The summed E-state index contributed by atoms with van der Waals surface area (Å²) in [6, 6.07) is 1.86. The highest BCUT2D eigenvalue weighted by atomic mass is 16.2. The van der Waals surface area contributed by atoms with Gasteiger partial charge < -0.3 is 4.90 Å². The predicted molar refractivity (Wildman–Crippen MR) is 47.3 cm³/mol. The van der Waals surface area contributed by atoms with Gasteiger partial charge in [-0.2, -0.15) is 5.26 Å². The largest absolute Gasteiger partial charge is 0.342 e. The summed E-state index contributed by atoms with van der Waals surface area (Å²) >= 11 is 0. The van der Waals surface area contributed by atoms with Gasteiger partial charge in [0, 0.05) is 13.1 Å². The van der Waals surface area contributed by atoms with Crippen molar-refractivity contribution >= 4 is 5.91 Å². The molecule has 0 radical (unpaired) electrons. The number of nitrogens with zero attached hydrogens (tertiary/aromatic N) is 2. The molecule has 3 nitrogen and oxygen atoms in total. The van der Waals surface area contributed by atoms with Crippen LogP contribution in [0.2, 0.25) is 0 Å². The summed E-state index contributed by atoms with van der Waals surface area (Å²) in [6.45, 7) is 7.48. The molecule has 0 heterocycles. The minimum absolute atomic E-state index is 0.000556. The predicted octanol–water partition coefficient (Wildman–Crippen LogP) is 1.40. The number of amides is 1. The SMILES string of the molecule is CCN(CC(C)C)C(=O)CC#N. The van der Waals surface area contributed by atoms with Crippen molar-refractivity contribution in [2.75, 3.05) is 13.1 Å². The summed E-state index contributed by atoms with van der Waals surface area (Å²) in [5.41, 5.74) is 0. The first-order chi connectivity index (χ1) is 5.61. The van der Waals surface area contributed by atoms with Gasteiger partial charge in [0.2, 0.25) is 5.91 Å². The standard InChI is InChI=1S/C9H16N2O/c1-4-11(7-8(2)3)9(12)5-6-10/h8H,4-5,7H2,1-3H3. The van der Waals surface area contributed by atoms with Gasteiger partial charge in [0.25, 0.3) is 0 Å². The van der Waals surface area contributed by atoms with E-state index < -0.39 is 0 Å². The van der Waals surface area contributed by atoms with Crippen molar-refractivity contribution in [2.24, 2.45) is 5.92 Å². The van der Waals surface area contributed by atoms with E-state index in [-0.39, 0.29) is 12.3 Å². The second-order valence-electron chi connectivity index (χ2n) is 3.16. The molecule has 68 valence electrons. The zero-order chi connectivity index (χ0) is 9.56. The van der Waals surface area contributed by atoms with E-state index in [1.54, 1.807) is 4.90 Å². The van der Waals surface area contributed by atoms with E-state index >= 15 is 0 Å². The Labute approximate surface area is 74.0 Å². The molecule has 0 rings (SSSR count). The highest BCUT2D eigenvalue weighted by Gasteiger charge is 2.11. The maximum absolute atomic E-state index is 11.2. The fourth-order valence-corrected chi connectivity index (χ4v) is 1.03. The van der Waals surface area contributed by atoms with Crippen molar-refractivity contribution < 1.29 is 4.79 Å². The Morgan fingerprint density at radius 3 is 2.50 bits per heavy atom. The Hall–Kier alpha value is -1.04. The molecule has 0 saturated carbocycles. The number of carbonyl (C=O) groups is 1. The smallest absolute Gasteiger partial charge is 0.236 e. The van der Waals surface area contributed by atoms with Crippen LogP contribution in [0.15, 0.2) is 0 Å². The summed E-state index contributed by atoms with van der Waals surface area (Å²) in [5.74, 6) is 0.404. The topological polar surface area (TPSA) is 44.1 Å². The number of hydrogen-bond acceptors (Lipinski definition) is 2. The lowest BCUT2D eigenvalue weighted by molar-refractivity contribution is -0.130. The molecule has 0 aliphatic heterocycles. The van der Waals surface area contributed by atoms with E-state index in [0.717, 1.165) is 6.54 Å². The van der Waals surface area contributed by atoms with Gasteiger partial charge in [0.1, 0.15) is 6.42 Å². The van der Waals surface area contributed by atoms with E-state index in [1.807, 2.05) is 13.0 Å². The third kappa shape index (κ3) is 3.97. The van der Waals surface area contributed by atoms with Crippen molar-refractivity contribution in [3.63, 3.8) is 0 Å². The van der Waals surface area contributed by atoms with Crippen LogP contribution in [0.25, 0.3) is 0 Å². The number of nitriles is 1. The molecule has 0 saturated heterocycles. The van der Waals surface area contributed by atoms with E-state index in [2.05, 4.69) is 13.8 Å². The fraction of sp³-hybridized carbons (Fsp3) is 0.778. The van der Waals surface area contributed by atoms with Crippen molar-refractivity contribution in [3.8, 4) is 6.07 Å². The summed E-state index contributed by atoms with van der Waals surface area (Å²) in [6.07, 6.45) is 0.000556. The van der Waals surface area contributed by atoms with Crippen LogP contribution in [0.1, 0.15) is 27.2 Å². The fourth-order valence-electron chi connectivity index (χ4n) is 1.03. The monoisotopic (exact) mass is 168 g/mol. The zero-order valence-corrected chi connectivity index (χ0v) is 8.00. The molecule has 0 aromatic heterocycles. The summed E-state index contributed by atoms with van der Waals surface area (Å²) in [4.78, 5) is 12.9. The van der Waals surface area contributed by atoms with Gasteiger partial charge in [-0.3, -0.25) is 4.79 Å². The average Bonchev–Trinajstić information content (AvgIpc) is 2.00. The minimum Gasteiger partial charge on any atom is -0.342 e. The highest BCUT2D eigenvalue weighted by molar-refractivity contribution is 5.78. The molecular formula is C9H16N2O. The lowest BCUT2D eigenvalue weighted by Crippen LogP contribution is -2.33. The Morgan fingerprint density at radius 2 is 2.17 bits per heavy atom. The van der Waals surface area contributed by atoms with E-state index in [1.165, 1.54) is 0 Å². The minimum atomic E-state index is -0.0614. The second kappa shape index (κ2) is 5.59. The normalized spacial score (nSPS) is 9.58. The van der Waals surface area contributed by atoms with Gasteiger partial charge in [-0.05, 0) is 12.8 Å². The molecule has 0 bridgehead atoms. The van der Waals surface area contributed by atoms with Crippen LogP contribution >= 0.6 is 0 Å². The van der Waals surface area contributed by atoms with Gasteiger partial charge in [0.15, 0.2) is 0 Å². The van der Waals surface area contributed by atoms with Crippen LogP contribution in [0.3, 0.4) is 0 Å². The van der Waals surface area contributed by atoms with Crippen LogP contribution in [0.4, 0.5) is 0 Å². The number of hydrogen-bond donors (Lipinski definition) is 0. The van der Waals surface area contributed by atoms with E-state index in [0.29, 0.717) is 12.5 Å². The second-order valence-corrected chi connectivity index (χ2v) is 3.16. The van der Waals surface area contributed by atoms with Gasteiger partial charge in [-0.1, -0.05) is 13.8 Å². The quantitative estimate of drug-likeness (QED) is 0.637. The van der Waals surface area contributed by atoms with Crippen molar-refractivity contribution in [1.29, 1.82) is 5.26 Å². The Kier molecular flexibility index (Phi) is 5.11. The molecule has 12 heavy (non-hydrogen) atoms. The summed E-state index contributed by atoms with van der Waals surface area (Å²) in [7, 11) is 0. The molecule has 0 atom stereocenters. The van der Waals surface area contributed by atoms with Crippen LogP contribution in [-0.4, -0.2) is 23.9 Å². The molecule has 0 unspecified atom stereocenters. The summed E-state index contributed by atoms with van der Waals surface area (Å²) < 4.78 is 0. The molecule has 0 fully saturated rings. The van der Waals surface area contributed by atoms with Gasteiger partial charge >= 0.3 is 0 Å². The van der Waals surface area contributed by atoms with Crippen molar-refractivity contribution in [1.82, 2.24) is 4.90 Å². The molecule has 0 aliphatic rings. The number of carbonyl (C=O) groups excluding carboxylic acids is 1. The molecule has 0 aromatic carbocycles. The maximum atomic E-state index is 11.2. The third-order valence-corrected chi connectivity index (χ3v) is 1.55. The van der Waals surface area contributed by atoms with E-state index in [4.69, 9.17) is 5.26 Å². The molecular weight excluding hydrogens is 152 g/mol. The van der Waals surface area contributed by atoms with Crippen LogP contribution < -0.4 is 0 Å². The lowest BCUT2D eigenvalue weighted by Gasteiger charge is -2.21. The Bertz CT molecular complexity index is 181. The zero-order valence-electron chi connectivity index (χ0n) is 8.00. The highest BCUT2D eigenvalue weighted by Crippen LogP contribution is 2.00. The molecule has 3 heteroatoms. The van der Waals surface area contributed by atoms with E-state index in [9.17, 15) is 4.79 Å². The Morgan fingerprint density at radius 1 is 1.58 bits per heavy atom. The first kappa shape index (κ1) is 11.0. The first-order valence-corrected chi connectivity index (χ1v) is 4.26. The Balaban J connectivity index is 3.98. The first-order valence-electron chi connectivity index (χ1n) is 4.26. The molecule has 0 aromatic rings. The molecule has 0 spiro atoms.